The fourth-order valence-corrected chi connectivity index (χ4v) is 1.77. The van der Waals surface area contributed by atoms with Gasteiger partial charge in [-0.25, -0.2) is 0 Å². The summed E-state index contributed by atoms with van der Waals surface area (Å²) >= 11 is 16.8. The topological polar surface area (TPSA) is 68.8 Å². The molecule has 1 aromatic carbocycles. The molecule has 2 aromatic rings. The molecule has 0 atom stereocenters. The maximum atomic E-state index is 5.94. The van der Waals surface area contributed by atoms with E-state index < -0.39 is 0 Å². The van der Waals surface area contributed by atoms with Gasteiger partial charge in [-0.15, -0.1) is 5.10 Å². The lowest BCUT2D eigenvalue weighted by Gasteiger charge is -2.01. The number of nitrogens with zero attached hydrogens (tertiary/aromatic N) is 3. The zero-order valence-electron chi connectivity index (χ0n) is 9.32. The van der Waals surface area contributed by atoms with Crippen LogP contribution >= 0.6 is 35.4 Å². The van der Waals surface area contributed by atoms with Crippen LogP contribution in [-0.4, -0.2) is 26.9 Å². The minimum atomic E-state index is 0.204. The fourth-order valence-electron chi connectivity index (χ4n) is 1.34. The lowest BCUT2D eigenvalue weighted by atomic mass is 10.2. The van der Waals surface area contributed by atoms with Crippen LogP contribution in [-0.2, 0) is 0 Å². The standard InChI is InChI=1S/C10H9Cl2N5S/c1-14-10(18)17-9(13)15-8(16-17)5-2-3-6(11)7(12)4-5/h2-4H,1H3,(H,14,18)(H2,13,15,16). The van der Waals surface area contributed by atoms with Crippen LogP contribution in [0.2, 0.25) is 10.0 Å². The van der Waals surface area contributed by atoms with Crippen molar-refractivity contribution < 1.29 is 0 Å². The molecule has 0 aliphatic carbocycles. The zero-order valence-corrected chi connectivity index (χ0v) is 11.6. The fraction of sp³-hybridized carbons (Fsp3) is 0.100. The molecular formula is C10H9Cl2N5S. The second-order valence-corrected chi connectivity index (χ2v) is 4.59. The van der Waals surface area contributed by atoms with Crippen molar-refractivity contribution in [3.8, 4) is 11.4 Å². The number of nitrogens with two attached hydrogens (primary N) is 1. The van der Waals surface area contributed by atoms with Gasteiger partial charge in [0.05, 0.1) is 10.0 Å². The third-order valence-electron chi connectivity index (χ3n) is 2.22. The molecule has 1 aromatic heterocycles. The van der Waals surface area contributed by atoms with E-state index in [1.807, 2.05) is 0 Å². The average Bonchev–Trinajstić information content (AvgIpc) is 2.74. The molecule has 1 heterocycles. The first-order valence-electron chi connectivity index (χ1n) is 4.93. The normalized spacial score (nSPS) is 10.4. The van der Waals surface area contributed by atoms with Gasteiger partial charge < -0.3 is 11.1 Å². The SMILES string of the molecule is CNC(=S)n1nc(-c2ccc(Cl)c(Cl)c2)nc1N. The molecule has 5 nitrogen and oxygen atoms in total. The van der Waals surface area contributed by atoms with Crippen LogP contribution in [0.1, 0.15) is 0 Å². The molecule has 0 bridgehead atoms. The van der Waals surface area contributed by atoms with E-state index in [2.05, 4.69) is 15.4 Å². The van der Waals surface area contributed by atoms with Gasteiger partial charge in [0.1, 0.15) is 0 Å². The van der Waals surface area contributed by atoms with Crippen molar-refractivity contribution >= 4 is 46.5 Å². The molecule has 3 N–H and O–H groups in total. The van der Waals surface area contributed by atoms with Crippen molar-refractivity contribution in [3.05, 3.63) is 28.2 Å². The molecule has 18 heavy (non-hydrogen) atoms. The Kier molecular flexibility index (Phi) is 3.70. The number of hydrogen-bond acceptors (Lipinski definition) is 4. The predicted molar refractivity (Wildman–Crippen MR) is 76.9 cm³/mol. The minimum absolute atomic E-state index is 0.204. The Balaban J connectivity index is 2.45. The van der Waals surface area contributed by atoms with Crippen molar-refractivity contribution in [2.75, 3.05) is 12.8 Å². The number of halogens is 2. The number of rotatable bonds is 1. The molecule has 0 fully saturated rings. The number of anilines is 1. The van der Waals surface area contributed by atoms with Gasteiger partial charge in [-0.2, -0.15) is 9.67 Å². The third-order valence-corrected chi connectivity index (χ3v) is 3.33. The van der Waals surface area contributed by atoms with Gasteiger partial charge in [-0.3, -0.25) is 0 Å². The Bertz CT molecular complexity index is 610. The van der Waals surface area contributed by atoms with Crippen molar-refractivity contribution in [3.63, 3.8) is 0 Å². The number of nitrogens with one attached hydrogen (secondary N) is 1. The van der Waals surface area contributed by atoms with Crippen LogP contribution < -0.4 is 11.1 Å². The lowest BCUT2D eigenvalue weighted by molar-refractivity contribution is 0.915. The summed E-state index contributed by atoms with van der Waals surface area (Å²) in [5.41, 5.74) is 6.44. The van der Waals surface area contributed by atoms with Gasteiger partial charge in [0.25, 0.3) is 0 Å². The van der Waals surface area contributed by atoms with Crippen molar-refractivity contribution in [1.82, 2.24) is 20.1 Å². The molecule has 0 spiro atoms. The summed E-state index contributed by atoms with van der Waals surface area (Å²) in [5, 5.41) is 8.24. The van der Waals surface area contributed by atoms with Crippen LogP contribution in [0.4, 0.5) is 5.95 Å². The molecule has 0 amide bonds. The van der Waals surface area contributed by atoms with E-state index in [4.69, 9.17) is 41.2 Å². The van der Waals surface area contributed by atoms with Gasteiger partial charge >= 0.3 is 0 Å². The monoisotopic (exact) mass is 301 g/mol. The zero-order chi connectivity index (χ0) is 13.3. The maximum absolute atomic E-state index is 5.94. The minimum Gasteiger partial charge on any atom is -0.368 e. The van der Waals surface area contributed by atoms with E-state index in [9.17, 15) is 0 Å². The second-order valence-electron chi connectivity index (χ2n) is 3.39. The van der Waals surface area contributed by atoms with Crippen LogP contribution in [0.5, 0.6) is 0 Å². The quantitative estimate of drug-likeness (QED) is 0.790. The Morgan fingerprint density at radius 3 is 2.72 bits per heavy atom. The molecule has 0 saturated carbocycles. The van der Waals surface area contributed by atoms with Crippen molar-refractivity contribution in [2.24, 2.45) is 0 Å². The molecule has 0 radical (unpaired) electrons. The maximum Gasteiger partial charge on any atom is 0.226 e. The summed E-state index contributed by atoms with van der Waals surface area (Å²) in [6, 6.07) is 5.10. The van der Waals surface area contributed by atoms with E-state index in [1.54, 1.807) is 25.2 Å². The molecule has 2 rings (SSSR count). The summed E-state index contributed by atoms with van der Waals surface area (Å²) in [6.45, 7) is 0. The molecule has 0 saturated heterocycles. The van der Waals surface area contributed by atoms with Gasteiger partial charge in [-0.05, 0) is 30.4 Å². The van der Waals surface area contributed by atoms with E-state index in [0.717, 1.165) is 0 Å². The Morgan fingerprint density at radius 2 is 2.11 bits per heavy atom. The number of thiocarbonyl (C=S) groups is 1. The largest absolute Gasteiger partial charge is 0.368 e. The number of hydrogen-bond donors (Lipinski definition) is 2. The van der Waals surface area contributed by atoms with Gasteiger partial charge in [0.15, 0.2) is 10.9 Å². The first kappa shape index (κ1) is 13.1. The summed E-state index contributed by atoms with van der Waals surface area (Å²) < 4.78 is 1.34. The highest BCUT2D eigenvalue weighted by atomic mass is 35.5. The molecule has 94 valence electrons. The smallest absolute Gasteiger partial charge is 0.226 e. The highest BCUT2D eigenvalue weighted by Crippen LogP contribution is 2.27. The Labute approximate surface area is 119 Å². The molecule has 0 aliphatic heterocycles. The highest BCUT2D eigenvalue weighted by Gasteiger charge is 2.12. The summed E-state index contributed by atoms with van der Waals surface area (Å²) in [4.78, 5) is 4.12. The van der Waals surface area contributed by atoms with Crippen LogP contribution in [0.15, 0.2) is 18.2 Å². The van der Waals surface area contributed by atoms with Gasteiger partial charge in [0.2, 0.25) is 5.95 Å². The van der Waals surface area contributed by atoms with Crippen molar-refractivity contribution in [1.29, 1.82) is 0 Å². The van der Waals surface area contributed by atoms with Crippen LogP contribution in [0.25, 0.3) is 11.4 Å². The number of aromatic nitrogens is 3. The van der Waals surface area contributed by atoms with Gasteiger partial charge in [0, 0.05) is 12.6 Å². The number of nitrogen functional groups attached to an aromatic ring is 1. The predicted octanol–water partition coefficient (Wildman–Crippen LogP) is 2.19. The van der Waals surface area contributed by atoms with E-state index in [0.29, 0.717) is 26.5 Å². The van der Waals surface area contributed by atoms with E-state index >= 15 is 0 Å². The Morgan fingerprint density at radius 1 is 1.39 bits per heavy atom. The first-order valence-corrected chi connectivity index (χ1v) is 6.09. The van der Waals surface area contributed by atoms with E-state index in [1.165, 1.54) is 4.68 Å². The number of benzene rings is 1. The average molecular weight is 302 g/mol. The van der Waals surface area contributed by atoms with Gasteiger partial charge in [-0.1, -0.05) is 23.2 Å². The van der Waals surface area contributed by atoms with Crippen molar-refractivity contribution in [2.45, 2.75) is 0 Å². The molecular weight excluding hydrogens is 293 g/mol. The van der Waals surface area contributed by atoms with E-state index in [-0.39, 0.29) is 5.95 Å². The summed E-state index contributed by atoms with van der Waals surface area (Å²) in [5.74, 6) is 0.638. The molecule has 8 heteroatoms. The Hall–Kier alpha value is -1.37. The molecule has 0 unspecified atom stereocenters. The summed E-state index contributed by atoms with van der Waals surface area (Å²) in [6.07, 6.45) is 0. The van der Waals surface area contributed by atoms with Crippen LogP contribution in [0.3, 0.4) is 0 Å². The highest BCUT2D eigenvalue weighted by molar-refractivity contribution is 7.80. The third kappa shape index (κ3) is 2.40. The molecule has 0 aliphatic rings. The second kappa shape index (κ2) is 5.09. The first-order chi connectivity index (χ1) is 8.52. The lowest BCUT2D eigenvalue weighted by Crippen LogP contribution is -2.26. The summed E-state index contributed by atoms with van der Waals surface area (Å²) in [7, 11) is 1.68. The van der Waals surface area contributed by atoms with Crippen LogP contribution in [0, 0.1) is 0 Å².